The van der Waals surface area contributed by atoms with E-state index in [-0.39, 0.29) is 24.0 Å². The smallest absolute Gasteiger partial charge is 0.263 e. The number of carbonyl (C=O) groups is 4. The minimum atomic E-state index is -2.48. The number of hydrogen-bond donors (Lipinski definition) is 1. The van der Waals surface area contributed by atoms with Gasteiger partial charge in [0.05, 0.1) is 29.0 Å². The largest absolute Gasteiger partial charge is 0.496 e. The number of anilines is 1. The van der Waals surface area contributed by atoms with Gasteiger partial charge >= 0.3 is 0 Å². The zero-order chi connectivity index (χ0) is 44.3. The predicted molar refractivity (Wildman–Crippen MR) is 244 cm³/mol. The Morgan fingerprint density at radius 1 is 0.889 bits per heavy atom. The molecule has 4 aromatic rings. The molecule has 3 aromatic carbocycles. The van der Waals surface area contributed by atoms with Crippen molar-refractivity contribution < 1.29 is 28.5 Å². The molecule has 3 fully saturated rings. The SMILES string of the molecule is COc1cc(N2CCC(N3CCN(CCCC#Cc4cccc5c4C(=O)N(C4CCC(=O)NC4=O)C5=O)CC3)CC2)ccc1Cc1ncc(Cl)c(Cc2ccccc2P(C)(C)=O)n1. The van der Waals surface area contributed by atoms with E-state index in [4.69, 9.17) is 21.3 Å². The molecular weight excluding hydrogens is 837 g/mol. The van der Waals surface area contributed by atoms with Gasteiger partial charge in [-0.2, -0.15) is 0 Å². The number of amides is 4. The standard InChI is InChI=1S/C48H53ClN7O6P/c1-62-41-30-36(16-15-33(41)29-43-50-31-38(49)39(51-43)28-34-11-6-7-14-42(34)63(2,3)61)54-22-19-35(20-23-54)55-26-24-53(25-27-55)21-8-4-5-10-32-12-9-13-37-45(32)48(60)56(47(37)59)40-17-18-44(57)52-46(40)58/h6-7,9,11-16,30-31,35,40H,4,8,17-29H2,1-3H3,(H,52,57,58). The number of rotatable bonds is 12. The number of hydrogen-bond acceptors (Lipinski definition) is 11. The van der Waals surface area contributed by atoms with Crippen LogP contribution in [0.3, 0.4) is 0 Å². The summed E-state index contributed by atoms with van der Waals surface area (Å²) in [5.74, 6) is 5.69. The third-order valence-corrected chi connectivity index (χ3v) is 14.5. The number of unbranched alkanes of at least 4 members (excludes halogenated alkanes) is 1. The molecule has 15 heteroatoms. The highest BCUT2D eigenvalue weighted by molar-refractivity contribution is 7.70. The van der Waals surface area contributed by atoms with E-state index >= 15 is 0 Å². The number of fused-ring (bicyclic) bond motifs is 1. The second kappa shape index (κ2) is 19.2. The van der Waals surface area contributed by atoms with Crippen molar-refractivity contribution in [1.29, 1.82) is 0 Å². The Labute approximate surface area is 373 Å². The van der Waals surface area contributed by atoms with Crippen molar-refractivity contribution in [3.05, 3.63) is 111 Å². The summed E-state index contributed by atoms with van der Waals surface area (Å²) in [6.07, 6.45) is 6.55. The monoisotopic (exact) mass is 889 g/mol. The molecule has 0 aliphatic carbocycles. The lowest BCUT2D eigenvalue weighted by molar-refractivity contribution is -0.136. The highest BCUT2D eigenvalue weighted by Crippen LogP contribution is 2.37. The molecule has 3 saturated heterocycles. The maximum Gasteiger partial charge on any atom is 0.263 e. The highest BCUT2D eigenvalue weighted by Gasteiger charge is 2.45. The average Bonchev–Trinajstić information content (AvgIpc) is 3.53. The summed E-state index contributed by atoms with van der Waals surface area (Å²) in [5.41, 5.74) is 4.77. The van der Waals surface area contributed by atoms with Gasteiger partial charge in [0.15, 0.2) is 0 Å². The van der Waals surface area contributed by atoms with Crippen molar-refractivity contribution in [1.82, 2.24) is 30.0 Å². The highest BCUT2D eigenvalue weighted by atomic mass is 35.5. The lowest BCUT2D eigenvalue weighted by atomic mass is 10.0. The normalized spacial score (nSPS) is 18.9. The molecule has 1 atom stereocenters. The Morgan fingerprint density at radius 3 is 2.41 bits per heavy atom. The fourth-order valence-corrected chi connectivity index (χ4v) is 10.7. The van der Waals surface area contributed by atoms with Gasteiger partial charge in [-0.05, 0) is 69.3 Å². The molecule has 1 unspecified atom stereocenters. The Balaban J connectivity index is 0.789. The lowest BCUT2D eigenvalue weighted by Crippen LogP contribution is -2.54. The van der Waals surface area contributed by atoms with Crippen molar-refractivity contribution in [3.8, 4) is 17.6 Å². The van der Waals surface area contributed by atoms with E-state index in [0.717, 1.165) is 97.8 Å². The van der Waals surface area contributed by atoms with Crippen molar-refractivity contribution in [2.75, 3.05) is 71.2 Å². The van der Waals surface area contributed by atoms with Gasteiger partial charge in [-0.1, -0.05) is 59.8 Å². The molecule has 1 N–H and O–H groups in total. The topological polar surface area (TPSA) is 145 Å². The minimum absolute atomic E-state index is 0.0778. The van der Waals surface area contributed by atoms with E-state index in [0.29, 0.717) is 47.4 Å². The van der Waals surface area contributed by atoms with E-state index in [2.05, 4.69) is 55.0 Å². The summed E-state index contributed by atoms with van der Waals surface area (Å²) in [7, 11) is -0.777. The van der Waals surface area contributed by atoms with Gasteiger partial charge in [0, 0.05) is 105 Å². The zero-order valence-corrected chi connectivity index (χ0v) is 37.7. The molecule has 4 amide bonds. The molecule has 4 aliphatic rings. The second-order valence-corrected chi connectivity index (χ2v) is 20.7. The Hall–Kier alpha value is -5.38. The van der Waals surface area contributed by atoms with Crippen LogP contribution in [0.4, 0.5) is 5.69 Å². The van der Waals surface area contributed by atoms with Crippen LogP contribution < -0.4 is 20.3 Å². The first kappa shape index (κ1) is 44.2. The lowest BCUT2D eigenvalue weighted by Gasteiger charge is -2.43. The first-order chi connectivity index (χ1) is 30.4. The van der Waals surface area contributed by atoms with E-state index in [1.807, 2.05) is 24.3 Å². The Morgan fingerprint density at radius 2 is 1.67 bits per heavy atom. The van der Waals surface area contributed by atoms with Crippen LogP contribution in [-0.2, 0) is 27.0 Å². The number of ether oxygens (including phenoxy) is 1. The number of halogens is 1. The van der Waals surface area contributed by atoms with Crippen LogP contribution in [0.2, 0.25) is 5.02 Å². The van der Waals surface area contributed by atoms with Crippen LogP contribution >= 0.6 is 18.7 Å². The maximum atomic E-state index is 13.4. The van der Waals surface area contributed by atoms with Crippen LogP contribution in [0.25, 0.3) is 0 Å². The first-order valence-electron chi connectivity index (χ1n) is 21.7. The van der Waals surface area contributed by atoms with E-state index in [9.17, 15) is 23.7 Å². The maximum absolute atomic E-state index is 13.4. The molecule has 63 heavy (non-hydrogen) atoms. The number of nitrogens with zero attached hydrogens (tertiary/aromatic N) is 6. The number of nitrogens with one attached hydrogen (secondary N) is 1. The summed E-state index contributed by atoms with van der Waals surface area (Å²) >= 11 is 6.57. The first-order valence-corrected chi connectivity index (χ1v) is 24.7. The molecule has 0 bridgehead atoms. The number of aromatic nitrogens is 2. The van der Waals surface area contributed by atoms with E-state index in [1.165, 1.54) is 0 Å². The molecule has 13 nitrogen and oxygen atoms in total. The van der Waals surface area contributed by atoms with E-state index < -0.39 is 36.8 Å². The van der Waals surface area contributed by atoms with Gasteiger partial charge in [-0.15, -0.1) is 0 Å². The van der Waals surface area contributed by atoms with Crippen LogP contribution in [0.1, 0.15) is 87.4 Å². The number of methoxy groups -OCH3 is 1. The number of benzene rings is 3. The molecule has 1 aromatic heterocycles. The van der Waals surface area contributed by atoms with Crippen LogP contribution in [0, 0.1) is 11.8 Å². The van der Waals surface area contributed by atoms with Crippen molar-refractivity contribution in [3.63, 3.8) is 0 Å². The summed E-state index contributed by atoms with van der Waals surface area (Å²) in [6.45, 7) is 10.5. The quantitative estimate of drug-likeness (QED) is 0.0847. The number of carbonyl (C=O) groups excluding carboxylic acids is 4. The Bertz CT molecular complexity index is 2540. The predicted octanol–water partition coefficient (Wildman–Crippen LogP) is 5.39. The molecule has 4 aliphatic heterocycles. The van der Waals surface area contributed by atoms with Gasteiger partial charge in [-0.25, -0.2) is 9.97 Å². The summed E-state index contributed by atoms with van der Waals surface area (Å²) in [5, 5.41) is 3.57. The molecule has 8 rings (SSSR count). The molecule has 0 spiro atoms. The van der Waals surface area contributed by atoms with Crippen molar-refractivity contribution in [2.24, 2.45) is 0 Å². The van der Waals surface area contributed by atoms with Gasteiger partial charge in [-0.3, -0.25) is 34.3 Å². The zero-order valence-electron chi connectivity index (χ0n) is 36.1. The van der Waals surface area contributed by atoms with E-state index in [1.54, 1.807) is 44.8 Å². The van der Waals surface area contributed by atoms with Crippen molar-refractivity contribution >= 4 is 53.4 Å². The third-order valence-electron chi connectivity index (χ3n) is 12.6. The summed E-state index contributed by atoms with van der Waals surface area (Å²) < 4.78 is 18.9. The average molecular weight is 890 g/mol. The summed E-state index contributed by atoms with van der Waals surface area (Å²) in [4.78, 5) is 68.6. The van der Waals surface area contributed by atoms with Gasteiger partial charge in [0.1, 0.15) is 24.8 Å². The van der Waals surface area contributed by atoms with Gasteiger partial charge in [0.25, 0.3) is 11.8 Å². The third kappa shape index (κ3) is 9.90. The Kier molecular flexibility index (Phi) is 13.5. The molecule has 0 saturated carbocycles. The molecule has 5 heterocycles. The molecule has 328 valence electrons. The number of piperazine rings is 1. The van der Waals surface area contributed by atoms with Gasteiger partial charge in [0.2, 0.25) is 11.8 Å². The molecule has 0 radical (unpaired) electrons. The van der Waals surface area contributed by atoms with Crippen LogP contribution in [0.15, 0.2) is 66.9 Å². The fourth-order valence-electron chi connectivity index (χ4n) is 9.27. The molecular formula is C48H53ClN7O6P. The van der Waals surface area contributed by atoms with Gasteiger partial charge < -0.3 is 19.1 Å². The van der Waals surface area contributed by atoms with Crippen molar-refractivity contribution in [2.45, 2.75) is 63.5 Å². The second-order valence-electron chi connectivity index (χ2n) is 17.1. The van der Waals surface area contributed by atoms with Crippen LogP contribution in [-0.4, -0.2) is 127 Å². The number of imide groups is 2. The number of piperidine rings is 2. The fraction of sp³-hybridized carbons (Fsp3) is 0.417. The minimum Gasteiger partial charge on any atom is -0.496 e. The van der Waals surface area contributed by atoms with Crippen LogP contribution in [0.5, 0.6) is 5.75 Å². The summed E-state index contributed by atoms with van der Waals surface area (Å²) in [6, 6.07) is 18.7.